The van der Waals surface area contributed by atoms with Crippen molar-refractivity contribution < 1.29 is 29.0 Å². The average molecular weight is 587 g/mol. The van der Waals surface area contributed by atoms with Crippen LogP contribution in [0.1, 0.15) is 27.3 Å². The molecule has 4 aromatic rings. The van der Waals surface area contributed by atoms with E-state index in [2.05, 4.69) is 20.6 Å². The third-order valence-electron chi connectivity index (χ3n) is 6.44. The maximum Gasteiger partial charge on any atom is 0.408 e. The molecule has 0 aliphatic heterocycles. The Morgan fingerprint density at radius 1 is 0.907 bits per heavy atom. The molecule has 43 heavy (non-hydrogen) atoms. The second-order valence-corrected chi connectivity index (χ2v) is 10.2. The van der Waals surface area contributed by atoms with Crippen molar-refractivity contribution in [3.63, 3.8) is 0 Å². The zero-order valence-electron chi connectivity index (χ0n) is 23.9. The quantitative estimate of drug-likeness (QED) is 0.186. The van der Waals surface area contributed by atoms with E-state index in [4.69, 9.17) is 4.74 Å². The summed E-state index contributed by atoms with van der Waals surface area (Å²) < 4.78 is 5.07. The minimum absolute atomic E-state index is 0.0197. The van der Waals surface area contributed by atoms with Gasteiger partial charge in [-0.05, 0) is 49.5 Å². The third kappa shape index (κ3) is 9.13. The number of H-pyrrole nitrogens is 1. The van der Waals surface area contributed by atoms with E-state index in [1.54, 1.807) is 58.3 Å². The van der Waals surface area contributed by atoms with Crippen LogP contribution in [0.3, 0.4) is 0 Å². The first kappa shape index (κ1) is 30.7. The lowest BCUT2D eigenvalue weighted by Gasteiger charge is -2.24. The number of carbonyl (C=O) groups is 4. The van der Waals surface area contributed by atoms with Crippen molar-refractivity contribution in [2.24, 2.45) is 0 Å². The van der Waals surface area contributed by atoms with Gasteiger partial charge >= 0.3 is 12.1 Å². The highest BCUT2D eigenvalue weighted by Crippen LogP contribution is 2.15. The van der Waals surface area contributed by atoms with Gasteiger partial charge in [-0.15, -0.1) is 0 Å². The summed E-state index contributed by atoms with van der Waals surface area (Å²) in [4.78, 5) is 60.8. The highest BCUT2D eigenvalue weighted by molar-refractivity contribution is 5.94. The smallest absolute Gasteiger partial charge is 0.408 e. The molecule has 0 saturated heterocycles. The number of rotatable bonds is 13. The molecule has 4 N–H and O–H groups in total. The molecule has 3 aromatic carbocycles. The Balaban J connectivity index is 1.33. The number of aromatic amines is 1. The van der Waals surface area contributed by atoms with Crippen LogP contribution in [0.2, 0.25) is 0 Å². The van der Waals surface area contributed by atoms with E-state index in [0.29, 0.717) is 17.9 Å². The van der Waals surface area contributed by atoms with E-state index in [0.717, 1.165) is 22.2 Å². The van der Waals surface area contributed by atoms with Crippen molar-refractivity contribution in [1.82, 2.24) is 30.4 Å². The predicted molar refractivity (Wildman–Crippen MR) is 159 cm³/mol. The second kappa shape index (κ2) is 14.6. The normalized spacial score (nSPS) is 11.6. The highest BCUT2D eigenvalue weighted by Gasteiger charge is 2.22. The van der Waals surface area contributed by atoms with Crippen LogP contribution in [-0.2, 0) is 34.0 Å². The van der Waals surface area contributed by atoms with E-state index < -0.39 is 24.0 Å². The molecule has 3 amide bonds. The number of hydrogen-bond donors (Lipinski definition) is 4. The summed E-state index contributed by atoms with van der Waals surface area (Å²) >= 11 is 0. The van der Waals surface area contributed by atoms with Crippen LogP contribution in [0.4, 0.5) is 4.79 Å². The van der Waals surface area contributed by atoms with E-state index in [1.807, 2.05) is 44.4 Å². The van der Waals surface area contributed by atoms with Crippen molar-refractivity contribution in [2.75, 3.05) is 27.2 Å². The number of para-hydroxylation sites is 2. The van der Waals surface area contributed by atoms with Crippen LogP contribution < -0.4 is 10.6 Å². The van der Waals surface area contributed by atoms with Crippen LogP contribution in [0, 0.1) is 0 Å². The molecule has 0 fully saturated rings. The zero-order chi connectivity index (χ0) is 30.8. The molecule has 0 aliphatic rings. The molecule has 12 heteroatoms. The van der Waals surface area contributed by atoms with Gasteiger partial charge < -0.3 is 35.3 Å². The molecule has 4 rings (SSSR count). The monoisotopic (exact) mass is 586 g/mol. The van der Waals surface area contributed by atoms with E-state index >= 15 is 0 Å². The Bertz CT molecular complexity index is 1520. The van der Waals surface area contributed by atoms with Gasteiger partial charge in [-0.2, -0.15) is 0 Å². The van der Waals surface area contributed by atoms with Crippen LogP contribution in [0.15, 0.2) is 78.9 Å². The number of alkyl carbamates (subject to hydrolysis) is 1. The lowest BCUT2D eigenvalue weighted by molar-refractivity contribution is -0.139. The molecule has 1 atom stereocenters. The van der Waals surface area contributed by atoms with Crippen LogP contribution in [0.5, 0.6) is 0 Å². The van der Waals surface area contributed by atoms with Crippen molar-refractivity contribution in [3.05, 3.63) is 101 Å². The van der Waals surface area contributed by atoms with Crippen molar-refractivity contribution in [1.29, 1.82) is 0 Å². The number of likely N-dealkylation sites (N-methyl/N-ethyl adjacent to an activating group) is 1. The van der Waals surface area contributed by atoms with Gasteiger partial charge in [-0.3, -0.25) is 9.59 Å². The number of benzene rings is 3. The van der Waals surface area contributed by atoms with Gasteiger partial charge in [0.15, 0.2) is 0 Å². The van der Waals surface area contributed by atoms with Gasteiger partial charge in [0.1, 0.15) is 18.5 Å². The van der Waals surface area contributed by atoms with Gasteiger partial charge in [0.25, 0.3) is 5.91 Å². The number of hydrogen-bond acceptors (Lipinski definition) is 7. The predicted octanol–water partition coefficient (Wildman–Crippen LogP) is 2.76. The molecular formula is C31H34N6O6. The molecule has 12 nitrogen and oxygen atoms in total. The molecule has 0 bridgehead atoms. The van der Waals surface area contributed by atoms with Gasteiger partial charge in [0.05, 0.1) is 24.1 Å². The Labute approximate surface area is 248 Å². The minimum atomic E-state index is -1.39. The van der Waals surface area contributed by atoms with Crippen LogP contribution in [-0.4, -0.2) is 82.0 Å². The number of nitrogens with zero attached hydrogens (tertiary/aromatic N) is 3. The van der Waals surface area contributed by atoms with E-state index in [9.17, 15) is 24.3 Å². The number of amides is 3. The first-order valence-electron chi connectivity index (χ1n) is 13.6. The Kier molecular flexibility index (Phi) is 10.4. The summed E-state index contributed by atoms with van der Waals surface area (Å²) in [5.41, 5.74) is 3.55. The Hall–Kier alpha value is -5.23. The molecule has 1 aromatic heterocycles. The minimum Gasteiger partial charge on any atom is -0.480 e. The summed E-state index contributed by atoms with van der Waals surface area (Å²) in [6.07, 6.45) is -0.911. The maximum atomic E-state index is 13.0. The van der Waals surface area contributed by atoms with Crippen molar-refractivity contribution >= 4 is 34.9 Å². The molecule has 0 aliphatic carbocycles. The number of carboxylic acids is 1. The zero-order valence-corrected chi connectivity index (χ0v) is 23.9. The maximum absolute atomic E-state index is 13.0. The van der Waals surface area contributed by atoms with Crippen LogP contribution >= 0.6 is 0 Å². The second-order valence-electron chi connectivity index (χ2n) is 10.2. The van der Waals surface area contributed by atoms with Gasteiger partial charge in [-0.25, -0.2) is 14.6 Å². The fraction of sp³-hybridized carbons (Fsp3) is 0.258. The lowest BCUT2D eigenvalue weighted by atomic mass is 10.1. The fourth-order valence-electron chi connectivity index (χ4n) is 4.25. The van der Waals surface area contributed by atoms with Crippen LogP contribution in [0.25, 0.3) is 11.0 Å². The first-order chi connectivity index (χ1) is 20.7. The number of nitrogens with one attached hydrogen (secondary N) is 3. The number of carboxylic acid groups (broad SMARTS) is 1. The Morgan fingerprint density at radius 3 is 2.28 bits per heavy atom. The number of aromatic nitrogens is 2. The summed E-state index contributed by atoms with van der Waals surface area (Å²) in [7, 11) is 3.64. The molecule has 0 radical (unpaired) electrons. The molecule has 1 heterocycles. The molecule has 0 saturated carbocycles. The van der Waals surface area contributed by atoms with Crippen molar-refractivity contribution in [3.8, 4) is 0 Å². The third-order valence-corrected chi connectivity index (χ3v) is 6.44. The average Bonchev–Trinajstić information content (AvgIpc) is 3.40. The van der Waals surface area contributed by atoms with Gasteiger partial charge in [0.2, 0.25) is 5.91 Å². The molecule has 0 unspecified atom stereocenters. The first-order valence-corrected chi connectivity index (χ1v) is 13.6. The van der Waals surface area contributed by atoms with Crippen molar-refractivity contribution in [2.45, 2.75) is 25.7 Å². The number of fused-ring (bicyclic) bond motifs is 1. The standard InChI is InChI=1S/C31H34N6O6/c1-36(2)19-28(38)37(18-27-33-24-10-6-7-11-25(24)34-27)17-21-12-14-23(15-13-21)29(39)32-16-26(30(40)41)35-31(42)43-20-22-8-4-3-5-9-22/h3-15,26H,16-20H2,1-2H3,(H,32,39)(H,33,34)(H,35,42)(H,40,41)/t26-/m0/s1. The van der Waals surface area contributed by atoms with E-state index in [1.165, 1.54) is 0 Å². The molecule has 0 spiro atoms. The topological polar surface area (TPSA) is 157 Å². The summed E-state index contributed by atoms with van der Waals surface area (Å²) in [6, 6.07) is 21.9. The number of imidazole rings is 1. The number of ether oxygens (including phenoxy) is 1. The van der Waals surface area contributed by atoms with Gasteiger partial charge in [0, 0.05) is 18.7 Å². The lowest BCUT2D eigenvalue weighted by Crippen LogP contribution is -2.48. The highest BCUT2D eigenvalue weighted by atomic mass is 16.5. The molecule has 224 valence electrons. The largest absolute Gasteiger partial charge is 0.480 e. The number of carbonyl (C=O) groups excluding carboxylic acids is 3. The SMILES string of the molecule is CN(C)CC(=O)N(Cc1ccc(C(=O)NC[C@H](NC(=O)OCc2ccccc2)C(=O)O)cc1)Cc1nc2ccccc2[nH]1. The fourth-order valence-corrected chi connectivity index (χ4v) is 4.25. The summed E-state index contributed by atoms with van der Waals surface area (Å²) in [6.45, 7) is 0.427. The summed E-state index contributed by atoms with van der Waals surface area (Å²) in [5, 5.41) is 14.3. The van der Waals surface area contributed by atoms with E-state index in [-0.39, 0.29) is 32.1 Å². The summed E-state index contributed by atoms with van der Waals surface area (Å²) in [5.74, 6) is -1.25. The van der Waals surface area contributed by atoms with Gasteiger partial charge in [-0.1, -0.05) is 54.6 Å². The Morgan fingerprint density at radius 2 is 1.60 bits per heavy atom. The number of aliphatic carboxylic acids is 1. The molecular weight excluding hydrogens is 552 g/mol.